The van der Waals surface area contributed by atoms with Crippen molar-refractivity contribution < 1.29 is 13.2 Å². The van der Waals surface area contributed by atoms with Crippen molar-refractivity contribution in [3.05, 3.63) is 56.1 Å². The van der Waals surface area contributed by atoms with E-state index in [0.29, 0.717) is 15.7 Å². The SMILES string of the molecule is CS(=O)(=O)c1cccc(NC(=O)c2cc(I)ccc2Br)c1. The fourth-order valence-electron chi connectivity index (χ4n) is 1.67. The van der Waals surface area contributed by atoms with Crippen LogP contribution in [0, 0.1) is 3.57 Å². The van der Waals surface area contributed by atoms with Crippen LogP contribution in [0.3, 0.4) is 0 Å². The first-order chi connectivity index (χ1) is 9.77. The standard InChI is InChI=1S/C14H11BrINO3S/c1-21(19,20)11-4-2-3-10(8-11)17-14(18)12-7-9(16)5-6-13(12)15/h2-8H,1H3,(H,17,18). The molecule has 1 N–H and O–H groups in total. The van der Waals surface area contributed by atoms with Crippen LogP contribution in [0.15, 0.2) is 51.8 Å². The molecule has 0 spiro atoms. The topological polar surface area (TPSA) is 63.2 Å². The molecule has 0 fully saturated rings. The van der Waals surface area contributed by atoms with Gasteiger partial charge in [-0.25, -0.2) is 8.42 Å². The van der Waals surface area contributed by atoms with E-state index in [1.54, 1.807) is 24.3 Å². The average molecular weight is 480 g/mol. The lowest BCUT2D eigenvalue weighted by Gasteiger charge is -2.08. The summed E-state index contributed by atoms with van der Waals surface area (Å²) in [5.74, 6) is -0.300. The van der Waals surface area contributed by atoms with Crippen LogP contribution in [0.2, 0.25) is 0 Å². The summed E-state index contributed by atoms with van der Waals surface area (Å²) >= 11 is 5.45. The van der Waals surface area contributed by atoms with E-state index >= 15 is 0 Å². The summed E-state index contributed by atoms with van der Waals surface area (Å²) < 4.78 is 24.7. The van der Waals surface area contributed by atoms with Crippen LogP contribution in [-0.2, 0) is 9.84 Å². The molecule has 0 bridgehead atoms. The van der Waals surface area contributed by atoms with Crippen LogP contribution in [0.1, 0.15) is 10.4 Å². The van der Waals surface area contributed by atoms with Crippen molar-refractivity contribution in [2.75, 3.05) is 11.6 Å². The predicted octanol–water partition coefficient (Wildman–Crippen LogP) is 3.71. The summed E-state index contributed by atoms with van der Waals surface area (Å²) in [5, 5.41) is 2.70. The van der Waals surface area contributed by atoms with Crippen LogP contribution in [0.4, 0.5) is 5.69 Å². The van der Waals surface area contributed by atoms with Crippen molar-refractivity contribution in [2.24, 2.45) is 0 Å². The van der Waals surface area contributed by atoms with Gasteiger partial charge in [0.05, 0.1) is 10.5 Å². The molecule has 0 radical (unpaired) electrons. The summed E-state index contributed by atoms with van der Waals surface area (Å²) in [5.41, 5.74) is 0.931. The molecule has 0 aliphatic rings. The van der Waals surface area contributed by atoms with Gasteiger partial charge >= 0.3 is 0 Å². The van der Waals surface area contributed by atoms with E-state index in [1.165, 1.54) is 12.1 Å². The summed E-state index contributed by atoms with van der Waals surface area (Å²) in [6.45, 7) is 0. The molecular formula is C14H11BrINO3S. The molecule has 0 aromatic heterocycles. The first-order valence-corrected chi connectivity index (χ1v) is 9.60. The van der Waals surface area contributed by atoms with Crippen LogP contribution in [0.5, 0.6) is 0 Å². The first kappa shape index (κ1) is 16.4. The fourth-order valence-corrected chi connectivity index (χ4v) is 3.26. The zero-order valence-corrected chi connectivity index (χ0v) is 15.5. The van der Waals surface area contributed by atoms with E-state index in [2.05, 4.69) is 43.8 Å². The van der Waals surface area contributed by atoms with E-state index in [4.69, 9.17) is 0 Å². The van der Waals surface area contributed by atoms with E-state index < -0.39 is 9.84 Å². The minimum atomic E-state index is -3.30. The largest absolute Gasteiger partial charge is 0.322 e. The quantitative estimate of drug-likeness (QED) is 0.682. The lowest BCUT2D eigenvalue weighted by atomic mass is 10.2. The van der Waals surface area contributed by atoms with Gasteiger partial charge in [-0.15, -0.1) is 0 Å². The van der Waals surface area contributed by atoms with E-state index in [-0.39, 0.29) is 10.8 Å². The fraction of sp³-hybridized carbons (Fsp3) is 0.0714. The predicted molar refractivity (Wildman–Crippen MR) is 94.4 cm³/mol. The molecule has 2 rings (SSSR count). The molecular weight excluding hydrogens is 469 g/mol. The molecule has 0 heterocycles. The number of hydrogen-bond donors (Lipinski definition) is 1. The molecule has 0 saturated carbocycles. The van der Waals surface area contributed by atoms with Crippen LogP contribution < -0.4 is 5.32 Å². The van der Waals surface area contributed by atoms with Crippen molar-refractivity contribution in [3.8, 4) is 0 Å². The maximum Gasteiger partial charge on any atom is 0.256 e. The van der Waals surface area contributed by atoms with Crippen molar-refractivity contribution in [3.63, 3.8) is 0 Å². The molecule has 7 heteroatoms. The van der Waals surface area contributed by atoms with E-state index in [9.17, 15) is 13.2 Å². The van der Waals surface area contributed by atoms with Crippen LogP contribution >= 0.6 is 38.5 Å². The number of carbonyl (C=O) groups is 1. The van der Waals surface area contributed by atoms with Crippen LogP contribution in [0.25, 0.3) is 0 Å². The number of rotatable bonds is 3. The van der Waals surface area contributed by atoms with Gasteiger partial charge in [-0.1, -0.05) is 6.07 Å². The normalized spacial score (nSPS) is 11.2. The Hall–Kier alpha value is -0.930. The molecule has 0 atom stereocenters. The smallest absolute Gasteiger partial charge is 0.256 e. The highest BCUT2D eigenvalue weighted by Crippen LogP contribution is 2.22. The highest BCUT2D eigenvalue weighted by atomic mass is 127. The van der Waals surface area contributed by atoms with Crippen molar-refractivity contribution >= 4 is 60.0 Å². The zero-order valence-electron chi connectivity index (χ0n) is 10.9. The molecule has 4 nitrogen and oxygen atoms in total. The van der Waals surface area contributed by atoms with Crippen molar-refractivity contribution in [1.82, 2.24) is 0 Å². The highest BCUT2D eigenvalue weighted by Gasteiger charge is 2.12. The third-order valence-electron chi connectivity index (χ3n) is 2.69. The maximum absolute atomic E-state index is 12.3. The molecule has 2 aromatic carbocycles. The van der Waals surface area contributed by atoms with Crippen molar-refractivity contribution in [2.45, 2.75) is 4.90 Å². The van der Waals surface area contributed by atoms with Gasteiger partial charge in [-0.2, -0.15) is 0 Å². The lowest BCUT2D eigenvalue weighted by molar-refractivity contribution is 0.102. The second-order valence-electron chi connectivity index (χ2n) is 4.38. The number of hydrogen-bond acceptors (Lipinski definition) is 3. The molecule has 1 amide bonds. The number of sulfone groups is 1. The van der Waals surface area contributed by atoms with Crippen LogP contribution in [-0.4, -0.2) is 20.6 Å². The Morgan fingerprint density at radius 3 is 2.57 bits per heavy atom. The van der Waals surface area contributed by atoms with Gasteiger partial charge in [0.1, 0.15) is 0 Å². The van der Waals surface area contributed by atoms with Gasteiger partial charge in [-0.3, -0.25) is 4.79 Å². The Bertz CT molecular complexity index is 806. The van der Waals surface area contributed by atoms with Gasteiger partial charge < -0.3 is 5.32 Å². The Morgan fingerprint density at radius 1 is 1.19 bits per heavy atom. The number of amides is 1. The van der Waals surface area contributed by atoms with Crippen molar-refractivity contribution in [1.29, 1.82) is 0 Å². The second-order valence-corrected chi connectivity index (χ2v) is 8.49. The summed E-state index contributed by atoms with van der Waals surface area (Å²) in [7, 11) is -3.30. The number of nitrogens with one attached hydrogen (secondary N) is 1. The van der Waals surface area contributed by atoms with Gasteiger partial charge in [-0.05, 0) is 74.9 Å². The minimum Gasteiger partial charge on any atom is -0.322 e. The lowest BCUT2D eigenvalue weighted by Crippen LogP contribution is -2.13. The second kappa shape index (κ2) is 6.45. The molecule has 2 aromatic rings. The maximum atomic E-state index is 12.3. The Balaban J connectivity index is 2.30. The number of carbonyl (C=O) groups excluding carboxylic acids is 1. The molecule has 110 valence electrons. The number of benzene rings is 2. The van der Waals surface area contributed by atoms with Gasteiger partial charge in [0.15, 0.2) is 9.84 Å². The molecule has 0 unspecified atom stereocenters. The van der Waals surface area contributed by atoms with Gasteiger partial charge in [0, 0.05) is 20.0 Å². The third-order valence-corrected chi connectivity index (χ3v) is 5.17. The number of anilines is 1. The third kappa shape index (κ3) is 4.27. The summed E-state index contributed by atoms with van der Waals surface area (Å²) in [6, 6.07) is 11.6. The highest BCUT2D eigenvalue weighted by molar-refractivity contribution is 14.1. The summed E-state index contributed by atoms with van der Waals surface area (Å²) in [6.07, 6.45) is 1.13. The Morgan fingerprint density at radius 2 is 1.90 bits per heavy atom. The zero-order chi connectivity index (χ0) is 15.6. The van der Waals surface area contributed by atoms with Gasteiger partial charge in [0.2, 0.25) is 0 Å². The van der Waals surface area contributed by atoms with E-state index in [0.717, 1.165) is 9.83 Å². The van der Waals surface area contributed by atoms with E-state index in [1.807, 2.05) is 6.07 Å². The monoisotopic (exact) mass is 479 g/mol. The number of halogens is 2. The molecule has 0 aliphatic carbocycles. The molecule has 21 heavy (non-hydrogen) atoms. The molecule has 0 saturated heterocycles. The van der Waals surface area contributed by atoms with Gasteiger partial charge in [0.25, 0.3) is 5.91 Å². The average Bonchev–Trinajstić information content (AvgIpc) is 2.41. The Labute approximate surface area is 145 Å². The Kier molecular flexibility index (Phi) is 5.05. The first-order valence-electron chi connectivity index (χ1n) is 5.84. The summed E-state index contributed by atoms with van der Waals surface area (Å²) in [4.78, 5) is 12.4. The molecule has 0 aliphatic heterocycles. The minimum absolute atomic E-state index is 0.169.